The van der Waals surface area contributed by atoms with E-state index in [1.54, 1.807) is 27.7 Å². The van der Waals surface area contributed by atoms with Crippen molar-refractivity contribution in [1.29, 1.82) is 0 Å². The average molecular weight is 591 g/mol. The Morgan fingerprint density at radius 3 is 1.21 bits per heavy atom. The fourth-order valence-corrected chi connectivity index (χ4v) is 6.05. The second kappa shape index (κ2) is 13.5. The Morgan fingerprint density at radius 1 is 0.571 bits per heavy atom. The molecule has 2 aliphatic rings. The predicted octanol–water partition coefficient (Wildman–Crippen LogP) is 9.54. The summed E-state index contributed by atoms with van der Waals surface area (Å²) in [7, 11) is 0. The van der Waals surface area contributed by atoms with Crippen LogP contribution in [0.2, 0.25) is 0 Å². The van der Waals surface area contributed by atoms with Crippen LogP contribution in [0.25, 0.3) is 0 Å². The molecule has 0 heterocycles. The predicted molar refractivity (Wildman–Crippen MR) is 160 cm³/mol. The molecule has 0 atom stereocenters. The van der Waals surface area contributed by atoms with Gasteiger partial charge in [0, 0.05) is 0 Å². The molecule has 0 aromatic heterocycles. The number of carbonyl (C=O) groups is 2. The molecule has 8 nitrogen and oxygen atoms in total. The van der Waals surface area contributed by atoms with Crippen LogP contribution in [0.5, 0.6) is 0 Å². The standard InChI is InChI=1S/C34H54O8/c1-31(2,3)23-14-18-27(19-15-23)37-29(35)39-41-33(7,8)25-12-11-13-26(22-25)34(9,10)42-40-30(36)38-28-20-16-24(17-21-28)32(4,5)6/h11-13,22-24,27-28H,14-21H2,1-10H3. The summed E-state index contributed by atoms with van der Waals surface area (Å²) in [6.07, 6.45) is 5.42. The van der Waals surface area contributed by atoms with Gasteiger partial charge in [-0.1, -0.05) is 59.7 Å². The van der Waals surface area contributed by atoms with Crippen LogP contribution in [0.3, 0.4) is 0 Å². The molecule has 0 N–H and O–H groups in total. The molecule has 2 saturated carbocycles. The van der Waals surface area contributed by atoms with Gasteiger partial charge in [-0.25, -0.2) is 9.59 Å². The van der Waals surface area contributed by atoms with Gasteiger partial charge >= 0.3 is 12.3 Å². The van der Waals surface area contributed by atoms with Crippen LogP contribution in [0, 0.1) is 22.7 Å². The van der Waals surface area contributed by atoms with E-state index >= 15 is 0 Å². The summed E-state index contributed by atoms with van der Waals surface area (Å²) in [6.45, 7) is 20.7. The molecule has 42 heavy (non-hydrogen) atoms. The summed E-state index contributed by atoms with van der Waals surface area (Å²) >= 11 is 0. The minimum atomic E-state index is -0.972. The van der Waals surface area contributed by atoms with Gasteiger partial charge in [-0.05, 0) is 119 Å². The third-order valence-electron chi connectivity index (χ3n) is 9.21. The molecule has 238 valence electrons. The van der Waals surface area contributed by atoms with Crippen LogP contribution in [0.1, 0.15) is 132 Å². The van der Waals surface area contributed by atoms with Gasteiger partial charge in [-0.15, -0.1) is 0 Å². The molecule has 0 spiro atoms. The molecule has 0 radical (unpaired) electrons. The molecule has 1 aromatic rings. The summed E-state index contributed by atoms with van der Waals surface area (Å²) in [4.78, 5) is 46.1. The maximum Gasteiger partial charge on any atom is 0.540 e. The fourth-order valence-electron chi connectivity index (χ4n) is 6.05. The first-order valence-electron chi connectivity index (χ1n) is 15.6. The second-order valence-corrected chi connectivity index (χ2v) is 15.3. The van der Waals surface area contributed by atoms with Crippen LogP contribution in [-0.2, 0) is 40.2 Å². The van der Waals surface area contributed by atoms with Crippen LogP contribution in [0.15, 0.2) is 24.3 Å². The smallest absolute Gasteiger partial charge is 0.429 e. The van der Waals surface area contributed by atoms with E-state index in [1.165, 1.54) is 0 Å². The first-order chi connectivity index (χ1) is 19.4. The highest BCUT2D eigenvalue weighted by Crippen LogP contribution is 2.40. The zero-order valence-electron chi connectivity index (χ0n) is 27.5. The lowest BCUT2D eigenvalue weighted by Gasteiger charge is -2.36. The Kier molecular flexibility index (Phi) is 11.0. The topological polar surface area (TPSA) is 89.5 Å². The normalized spacial score (nSPS) is 24.0. The summed E-state index contributed by atoms with van der Waals surface area (Å²) < 4.78 is 11.0. The highest BCUT2D eigenvalue weighted by molar-refractivity contribution is 5.59. The molecule has 2 fully saturated rings. The SMILES string of the molecule is CC(C)(OOC(=O)OC1CCC(C(C)(C)C)CC1)c1cccc(C(C)(C)OOC(=O)OC2CCC(C(C)(C)C)CC2)c1. The van der Waals surface area contributed by atoms with Crippen LogP contribution >= 0.6 is 0 Å². The van der Waals surface area contributed by atoms with Gasteiger partial charge in [0.25, 0.3) is 0 Å². The lowest BCUT2D eigenvalue weighted by molar-refractivity contribution is -0.326. The van der Waals surface area contributed by atoms with E-state index < -0.39 is 23.5 Å². The van der Waals surface area contributed by atoms with Gasteiger partial charge in [-0.2, -0.15) is 9.78 Å². The summed E-state index contributed by atoms with van der Waals surface area (Å²) in [5, 5.41) is 0. The molecule has 0 saturated heterocycles. The molecule has 3 rings (SSSR count). The summed E-state index contributed by atoms with van der Waals surface area (Å²) in [5.41, 5.74) is 0.0596. The van der Waals surface area contributed by atoms with Crippen LogP contribution in [-0.4, -0.2) is 24.5 Å². The Hall–Kier alpha value is -2.32. The van der Waals surface area contributed by atoms with Crippen molar-refractivity contribution in [2.45, 2.75) is 144 Å². The lowest BCUT2D eigenvalue weighted by Crippen LogP contribution is -2.32. The van der Waals surface area contributed by atoms with Crippen LogP contribution in [0.4, 0.5) is 9.59 Å². The molecule has 1 aromatic carbocycles. The maximum absolute atomic E-state index is 12.4. The van der Waals surface area contributed by atoms with Crippen molar-refractivity contribution < 1.29 is 38.6 Å². The van der Waals surface area contributed by atoms with Crippen molar-refractivity contribution in [2.75, 3.05) is 0 Å². The van der Waals surface area contributed by atoms with Crippen molar-refractivity contribution in [1.82, 2.24) is 0 Å². The maximum atomic E-state index is 12.4. The van der Waals surface area contributed by atoms with E-state index in [1.807, 2.05) is 24.3 Å². The Balaban J connectivity index is 1.47. The average Bonchev–Trinajstić information content (AvgIpc) is 2.91. The molecule has 0 aliphatic heterocycles. The molecule has 2 aliphatic carbocycles. The monoisotopic (exact) mass is 590 g/mol. The number of benzene rings is 1. The van der Waals surface area contributed by atoms with Gasteiger partial charge in [0.2, 0.25) is 0 Å². The number of ether oxygens (including phenoxy) is 2. The third kappa shape index (κ3) is 9.87. The van der Waals surface area contributed by atoms with Gasteiger partial charge in [0.15, 0.2) is 0 Å². The lowest BCUT2D eigenvalue weighted by atomic mass is 9.72. The van der Waals surface area contributed by atoms with Gasteiger partial charge in [0.05, 0.1) is 0 Å². The minimum absolute atomic E-state index is 0.158. The first kappa shape index (κ1) is 34.2. The van der Waals surface area contributed by atoms with E-state index in [0.29, 0.717) is 11.8 Å². The van der Waals surface area contributed by atoms with Crippen molar-refractivity contribution >= 4 is 12.3 Å². The third-order valence-corrected chi connectivity index (χ3v) is 9.21. The summed E-state index contributed by atoms with van der Waals surface area (Å²) in [6, 6.07) is 7.44. The highest BCUT2D eigenvalue weighted by Gasteiger charge is 2.35. The molecule has 0 amide bonds. The Morgan fingerprint density at radius 2 is 0.905 bits per heavy atom. The zero-order valence-corrected chi connectivity index (χ0v) is 27.5. The number of carbonyl (C=O) groups excluding carboxylic acids is 2. The molecular formula is C34H54O8. The quantitative estimate of drug-likeness (QED) is 0.168. The largest absolute Gasteiger partial charge is 0.540 e. The van der Waals surface area contributed by atoms with E-state index in [-0.39, 0.29) is 23.0 Å². The number of hydrogen-bond acceptors (Lipinski definition) is 8. The highest BCUT2D eigenvalue weighted by atomic mass is 17.2. The van der Waals surface area contributed by atoms with Gasteiger partial charge < -0.3 is 9.47 Å². The molecular weight excluding hydrogens is 536 g/mol. The van der Waals surface area contributed by atoms with Crippen molar-refractivity contribution in [3.8, 4) is 0 Å². The number of hydrogen-bond donors (Lipinski definition) is 0. The first-order valence-corrected chi connectivity index (χ1v) is 15.6. The van der Waals surface area contributed by atoms with Crippen molar-refractivity contribution in [3.05, 3.63) is 35.4 Å². The van der Waals surface area contributed by atoms with E-state index in [4.69, 9.17) is 29.0 Å². The van der Waals surface area contributed by atoms with Gasteiger partial charge in [0.1, 0.15) is 23.4 Å². The Bertz CT molecular complexity index is 953. The molecule has 0 unspecified atom stereocenters. The molecule has 8 heteroatoms. The zero-order chi connectivity index (χ0) is 31.3. The second-order valence-electron chi connectivity index (χ2n) is 15.3. The van der Waals surface area contributed by atoms with Crippen molar-refractivity contribution in [2.24, 2.45) is 22.7 Å². The van der Waals surface area contributed by atoms with Crippen LogP contribution < -0.4 is 0 Å². The van der Waals surface area contributed by atoms with E-state index in [9.17, 15) is 9.59 Å². The Labute approximate surface area is 253 Å². The number of rotatable bonds is 8. The van der Waals surface area contributed by atoms with E-state index in [2.05, 4.69) is 41.5 Å². The van der Waals surface area contributed by atoms with Crippen molar-refractivity contribution in [3.63, 3.8) is 0 Å². The van der Waals surface area contributed by atoms with Gasteiger partial charge in [-0.3, -0.25) is 9.78 Å². The summed E-state index contributed by atoms with van der Waals surface area (Å²) in [5.74, 6) is 1.25. The minimum Gasteiger partial charge on any atom is -0.429 e. The van der Waals surface area contributed by atoms with E-state index in [0.717, 1.165) is 62.5 Å². The molecule has 0 bridgehead atoms. The fraction of sp³-hybridized carbons (Fsp3) is 0.765.